The second-order valence-corrected chi connectivity index (χ2v) is 3.26. The van der Waals surface area contributed by atoms with Crippen LogP contribution in [0.5, 0.6) is 0 Å². The van der Waals surface area contributed by atoms with Gasteiger partial charge in [0.2, 0.25) is 0 Å². The van der Waals surface area contributed by atoms with Crippen LogP contribution in [0.2, 0.25) is 0 Å². The van der Waals surface area contributed by atoms with E-state index in [0.717, 1.165) is 0 Å². The van der Waals surface area contributed by atoms with Crippen molar-refractivity contribution in [1.82, 2.24) is 4.98 Å². The minimum atomic E-state index is 0. The van der Waals surface area contributed by atoms with Crippen molar-refractivity contribution in [3.8, 4) is 0 Å². The number of nitrogens with one attached hydrogen (secondary N) is 1. The lowest BCUT2D eigenvalue weighted by Gasteiger charge is -1.96. The van der Waals surface area contributed by atoms with Gasteiger partial charge in [0.1, 0.15) is 0 Å². The minimum Gasteiger partial charge on any atom is -0.361 e. The van der Waals surface area contributed by atoms with Gasteiger partial charge in [-0.1, -0.05) is 24.3 Å². The van der Waals surface area contributed by atoms with Gasteiger partial charge < -0.3 is 4.98 Å². The molecular weight excluding hydrogens is 238 g/mol. The molecule has 2 aromatic carbocycles. The Morgan fingerprint density at radius 2 is 1.50 bits per heavy atom. The molecule has 0 fully saturated rings. The van der Waals surface area contributed by atoms with Crippen LogP contribution >= 0.6 is 17.0 Å². The lowest BCUT2D eigenvalue weighted by atomic mass is 10.1. The van der Waals surface area contributed by atoms with Crippen molar-refractivity contribution in [3.63, 3.8) is 0 Å². The molecule has 0 spiro atoms. The molecule has 70 valence electrons. The summed E-state index contributed by atoms with van der Waals surface area (Å²) < 4.78 is 0. The molecule has 3 rings (SSSR count). The molecule has 0 bridgehead atoms. The van der Waals surface area contributed by atoms with E-state index in [2.05, 4.69) is 47.4 Å². The fourth-order valence-electron chi connectivity index (χ4n) is 1.74. The van der Waals surface area contributed by atoms with E-state index in [1.54, 1.807) is 0 Å². The molecule has 0 radical (unpaired) electrons. The average Bonchev–Trinajstić information content (AvgIpc) is 2.61. The van der Waals surface area contributed by atoms with Gasteiger partial charge in [0.15, 0.2) is 0 Å². The van der Waals surface area contributed by atoms with Crippen molar-refractivity contribution < 1.29 is 0 Å². The average molecular weight is 248 g/mol. The molecule has 1 aromatic heterocycles. The van der Waals surface area contributed by atoms with Gasteiger partial charge in [0, 0.05) is 11.7 Å². The molecule has 1 N–H and O–H groups in total. The highest BCUT2D eigenvalue weighted by Crippen LogP contribution is 2.21. The van der Waals surface area contributed by atoms with Crippen molar-refractivity contribution in [2.24, 2.45) is 0 Å². The van der Waals surface area contributed by atoms with E-state index < -0.39 is 0 Å². The topological polar surface area (TPSA) is 15.8 Å². The zero-order valence-corrected chi connectivity index (χ0v) is 9.24. The van der Waals surface area contributed by atoms with E-state index in [1.165, 1.54) is 21.7 Å². The molecule has 3 aromatic rings. The summed E-state index contributed by atoms with van der Waals surface area (Å²) >= 11 is 0. The molecule has 0 saturated carbocycles. The summed E-state index contributed by atoms with van der Waals surface area (Å²) in [4.78, 5) is 3.21. The number of aromatic amines is 1. The van der Waals surface area contributed by atoms with Crippen LogP contribution in [0, 0.1) is 0 Å². The van der Waals surface area contributed by atoms with Crippen LogP contribution in [0.25, 0.3) is 21.7 Å². The zero-order valence-electron chi connectivity index (χ0n) is 7.53. The lowest BCUT2D eigenvalue weighted by molar-refractivity contribution is 1.48. The van der Waals surface area contributed by atoms with Crippen LogP contribution in [0.4, 0.5) is 0 Å². The third-order valence-corrected chi connectivity index (χ3v) is 2.42. The highest BCUT2D eigenvalue weighted by atomic mass is 79.9. The maximum absolute atomic E-state index is 3.21. The van der Waals surface area contributed by atoms with Crippen LogP contribution in [0.3, 0.4) is 0 Å². The Morgan fingerprint density at radius 3 is 2.29 bits per heavy atom. The molecule has 0 amide bonds. The second kappa shape index (κ2) is 3.46. The molecule has 14 heavy (non-hydrogen) atoms. The first-order valence-electron chi connectivity index (χ1n) is 4.39. The monoisotopic (exact) mass is 247 g/mol. The number of hydrogen-bond donors (Lipinski definition) is 1. The first-order valence-corrected chi connectivity index (χ1v) is 4.39. The van der Waals surface area contributed by atoms with Gasteiger partial charge in [-0.05, 0) is 34.4 Å². The minimum absolute atomic E-state index is 0. The highest BCUT2D eigenvalue weighted by molar-refractivity contribution is 8.93. The van der Waals surface area contributed by atoms with Gasteiger partial charge in [-0.3, -0.25) is 0 Å². The van der Waals surface area contributed by atoms with Crippen molar-refractivity contribution in [3.05, 3.63) is 48.7 Å². The Balaban J connectivity index is 0.000000750. The lowest BCUT2D eigenvalue weighted by Crippen LogP contribution is -1.72. The van der Waals surface area contributed by atoms with E-state index in [1.807, 2.05) is 6.20 Å². The Morgan fingerprint density at radius 1 is 0.786 bits per heavy atom. The fraction of sp³-hybridized carbons (Fsp3) is 0. The number of benzene rings is 2. The van der Waals surface area contributed by atoms with E-state index >= 15 is 0 Å². The number of H-pyrrole nitrogens is 1. The third kappa shape index (κ3) is 1.32. The first-order chi connectivity index (χ1) is 6.43. The SMILES string of the molecule is Br.c1ccc2cc3[nH]ccc3cc2c1. The summed E-state index contributed by atoms with van der Waals surface area (Å²) in [5.74, 6) is 0. The van der Waals surface area contributed by atoms with Gasteiger partial charge in [-0.2, -0.15) is 0 Å². The first kappa shape index (κ1) is 9.28. The summed E-state index contributed by atoms with van der Waals surface area (Å²) in [6.45, 7) is 0. The predicted molar refractivity (Wildman–Crippen MR) is 66.1 cm³/mol. The van der Waals surface area contributed by atoms with Crippen molar-refractivity contribution in [1.29, 1.82) is 0 Å². The molecule has 2 heteroatoms. The van der Waals surface area contributed by atoms with E-state index in [4.69, 9.17) is 0 Å². The van der Waals surface area contributed by atoms with Crippen LogP contribution in [-0.2, 0) is 0 Å². The Labute approximate surface area is 92.5 Å². The van der Waals surface area contributed by atoms with Crippen molar-refractivity contribution >= 4 is 38.7 Å². The van der Waals surface area contributed by atoms with Crippen LogP contribution in [0.15, 0.2) is 48.7 Å². The molecule has 1 heterocycles. The van der Waals surface area contributed by atoms with Gasteiger partial charge >= 0.3 is 0 Å². The standard InChI is InChI=1S/C12H9N.BrH/c1-2-4-10-8-12-11(5-6-13-12)7-9(10)3-1;/h1-8,13H;1H. The molecule has 1 nitrogen and oxygen atoms in total. The number of hydrogen-bond acceptors (Lipinski definition) is 0. The van der Waals surface area contributed by atoms with E-state index in [0.29, 0.717) is 0 Å². The van der Waals surface area contributed by atoms with Gasteiger partial charge in [0.05, 0.1) is 0 Å². The normalized spacial score (nSPS) is 10.3. The highest BCUT2D eigenvalue weighted by Gasteiger charge is 1.96. The maximum atomic E-state index is 3.21. The Kier molecular flexibility index (Phi) is 2.30. The Bertz CT molecular complexity index is 519. The van der Waals surface area contributed by atoms with Crippen molar-refractivity contribution in [2.75, 3.05) is 0 Å². The summed E-state index contributed by atoms with van der Waals surface area (Å²) in [7, 11) is 0. The molecular formula is C12H10BrN. The molecule has 0 saturated heterocycles. The van der Waals surface area contributed by atoms with Crippen LogP contribution < -0.4 is 0 Å². The molecule has 0 aliphatic rings. The molecule has 0 atom stereocenters. The van der Waals surface area contributed by atoms with E-state index in [-0.39, 0.29) is 17.0 Å². The summed E-state index contributed by atoms with van der Waals surface area (Å²) in [5.41, 5.74) is 1.21. The largest absolute Gasteiger partial charge is 0.361 e. The zero-order chi connectivity index (χ0) is 8.67. The quantitative estimate of drug-likeness (QED) is 0.621. The smallest absolute Gasteiger partial charge is 0.0460 e. The fourth-order valence-corrected chi connectivity index (χ4v) is 1.74. The maximum Gasteiger partial charge on any atom is 0.0460 e. The van der Waals surface area contributed by atoms with Gasteiger partial charge in [-0.25, -0.2) is 0 Å². The molecule has 0 aliphatic heterocycles. The number of fused-ring (bicyclic) bond motifs is 2. The number of rotatable bonds is 0. The summed E-state index contributed by atoms with van der Waals surface area (Å²) in [5, 5.41) is 3.87. The predicted octanol–water partition coefficient (Wildman–Crippen LogP) is 3.90. The van der Waals surface area contributed by atoms with Crippen LogP contribution in [0.1, 0.15) is 0 Å². The van der Waals surface area contributed by atoms with E-state index in [9.17, 15) is 0 Å². The van der Waals surface area contributed by atoms with Gasteiger partial charge in [0.25, 0.3) is 0 Å². The van der Waals surface area contributed by atoms with Gasteiger partial charge in [-0.15, -0.1) is 17.0 Å². The van der Waals surface area contributed by atoms with Crippen molar-refractivity contribution in [2.45, 2.75) is 0 Å². The summed E-state index contributed by atoms with van der Waals surface area (Å²) in [6.07, 6.45) is 1.98. The summed E-state index contributed by atoms with van der Waals surface area (Å²) in [6, 6.07) is 14.9. The third-order valence-electron chi connectivity index (χ3n) is 2.42. The number of halogens is 1. The molecule has 0 aliphatic carbocycles. The Hall–Kier alpha value is -1.28. The van der Waals surface area contributed by atoms with Crippen LogP contribution in [-0.4, -0.2) is 4.98 Å². The number of aromatic nitrogens is 1. The second-order valence-electron chi connectivity index (χ2n) is 3.26. The molecule has 0 unspecified atom stereocenters.